The molecule has 0 aliphatic heterocycles. The standard InChI is InChI=1S/C53H94O5/c1-4-7-10-13-16-19-22-23-24-25-26-27-28-29-30-33-36-39-42-45-48-56-49-51(58-53(55)47-44-41-38-35-32-21-18-15-12-9-6-3)50-57-52(54)46-43-40-37-34-31-20-17-14-11-8-5-2/h7,10,14,16-17,19,23-24,26-27,51H,4-6,8-9,11-13,15,18,20-22,25,28-50H2,1-3H3/b10-7-,17-14-,19-16-,24-23-,27-26-. The Hall–Kier alpha value is -2.40. The van der Waals surface area contributed by atoms with Crippen molar-refractivity contribution in [3.63, 3.8) is 0 Å². The Morgan fingerprint density at radius 2 is 0.793 bits per heavy atom. The Bertz CT molecular complexity index is 1010. The monoisotopic (exact) mass is 811 g/mol. The van der Waals surface area contributed by atoms with Gasteiger partial charge in [-0.05, 0) is 77.0 Å². The summed E-state index contributed by atoms with van der Waals surface area (Å²) in [5.74, 6) is -0.411. The predicted molar refractivity (Wildman–Crippen MR) is 251 cm³/mol. The van der Waals surface area contributed by atoms with Gasteiger partial charge >= 0.3 is 11.9 Å². The number of rotatable bonds is 45. The summed E-state index contributed by atoms with van der Waals surface area (Å²) in [4.78, 5) is 25.3. The largest absolute Gasteiger partial charge is 0.462 e. The second kappa shape index (κ2) is 49.0. The van der Waals surface area contributed by atoms with E-state index in [0.717, 1.165) is 77.0 Å². The lowest BCUT2D eigenvalue weighted by Crippen LogP contribution is -2.30. The molecule has 0 spiro atoms. The van der Waals surface area contributed by atoms with Crippen molar-refractivity contribution in [2.24, 2.45) is 0 Å². The fourth-order valence-corrected chi connectivity index (χ4v) is 6.83. The molecule has 1 unspecified atom stereocenters. The molecule has 0 saturated carbocycles. The highest BCUT2D eigenvalue weighted by Crippen LogP contribution is 2.14. The van der Waals surface area contributed by atoms with E-state index in [1.165, 1.54) is 128 Å². The average Bonchev–Trinajstić information content (AvgIpc) is 3.22. The van der Waals surface area contributed by atoms with Crippen molar-refractivity contribution in [2.45, 2.75) is 245 Å². The van der Waals surface area contributed by atoms with Crippen LogP contribution in [0.5, 0.6) is 0 Å². The Morgan fingerprint density at radius 1 is 0.397 bits per heavy atom. The van der Waals surface area contributed by atoms with E-state index in [9.17, 15) is 9.59 Å². The lowest BCUT2D eigenvalue weighted by molar-refractivity contribution is -0.163. The zero-order valence-corrected chi connectivity index (χ0v) is 38.6. The Morgan fingerprint density at radius 3 is 1.31 bits per heavy atom. The quantitative estimate of drug-likeness (QED) is 0.0348. The van der Waals surface area contributed by atoms with E-state index < -0.39 is 6.10 Å². The predicted octanol–water partition coefficient (Wildman–Crippen LogP) is 16.6. The molecule has 0 aromatic heterocycles. The van der Waals surface area contributed by atoms with Crippen LogP contribution in [-0.4, -0.2) is 37.9 Å². The van der Waals surface area contributed by atoms with Crippen LogP contribution in [0.1, 0.15) is 239 Å². The topological polar surface area (TPSA) is 61.8 Å². The van der Waals surface area contributed by atoms with Gasteiger partial charge in [-0.25, -0.2) is 0 Å². The molecule has 58 heavy (non-hydrogen) atoms. The summed E-state index contributed by atoms with van der Waals surface area (Å²) in [6, 6.07) is 0. The number of allylic oxidation sites excluding steroid dienone is 10. The maximum absolute atomic E-state index is 12.7. The molecule has 0 radical (unpaired) electrons. The molecule has 0 aromatic rings. The number of hydrogen-bond donors (Lipinski definition) is 0. The molecular formula is C53H94O5. The van der Waals surface area contributed by atoms with Gasteiger partial charge in [0.25, 0.3) is 0 Å². The van der Waals surface area contributed by atoms with Crippen molar-refractivity contribution in [3.05, 3.63) is 60.8 Å². The van der Waals surface area contributed by atoms with Crippen molar-refractivity contribution in [1.29, 1.82) is 0 Å². The fourth-order valence-electron chi connectivity index (χ4n) is 6.83. The van der Waals surface area contributed by atoms with Crippen LogP contribution in [-0.2, 0) is 23.8 Å². The van der Waals surface area contributed by atoms with Crippen LogP contribution < -0.4 is 0 Å². The summed E-state index contributed by atoms with van der Waals surface area (Å²) in [5.41, 5.74) is 0. The zero-order chi connectivity index (χ0) is 42.1. The molecule has 0 rings (SSSR count). The molecule has 1 atom stereocenters. The van der Waals surface area contributed by atoms with Gasteiger partial charge in [0.05, 0.1) is 6.61 Å². The first kappa shape index (κ1) is 55.6. The van der Waals surface area contributed by atoms with Gasteiger partial charge in [0, 0.05) is 19.4 Å². The molecule has 0 bridgehead atoms. The fraction of sp³-hybridized carbons (Fsp3) is 0.774. The van der Waals surface area contributed by atoms with E-state index in [1.54, 1.807) is 0 Å². The third-order valence-electron chi connectivity index (χ3n) is 10.5. The van der Waals surface area contributed by atoms with E-state index >= 15 is 0 Å². The smallest absolute Gasteiger partial charge is 0.306 e. The van der Waals surface area contributed by atoms with Crippen LogP contribution in [0.4, 0.5) is 0 Å². The lowest BCUT2D eigenvalue weighted by atomic mass is 10.1. The first-order valence-corrected chi connectivity index (χ1v) is 24.8. The van der Waals surface area contributed by atoms with Crippen molar-refractivity contribution >= 4 is 11.9 Å². The van der Waals surface area contributed by atoms with Crippen LogP contribution in [0.15, 0.2) is 60.8 Å². The Balaban J connectivity index is 4.22. The van der Waals surface area contributed by atoms with E-state index in [0.29, 0.717) is 19.4 Å². The first-order valence-electron chi connectivity index (χ1n) is 24.8. The highest BCUT2D eigenvalue weighted by atomic mass is 16.6. The van der Waals surface area contributed by atoms with Crippen LogP contribution in [0.3, 0.4) is 0 Å². The van der Waals surface area contributed by atoms with Crippen molar-refractivity contribution in [2.75, 3.05) is 19.8 Å². The van der Waals surface area contributed by atoms with Crippen molar-refractivity contribution < 1.29 is 23.8 Å². The number of ether oxygens (including phenoxy) is 3. The van der Waals surface area contributed by atoms with Gasteiger partial charge in [-0.2, -0.15) is 0 Å². The maximum Gasteiger partial charge on any atom is 0.306 e. The highest BCUT2D eigenvalue weighted by Gasteiger charge is 2.17. The number of carbonyl (C=O) groups excluding carboxylic acids is 2. The SMILES string of the molecule is CC/C=C\C/C=C\C/C=C\C/C=C\CCCCCCCCCOCC(COC(=O)CCCCCCC/C=C\CCCC)OC(=O)CCCCCCCCCCCCC. The molecule has 0 aromatic carbocycles. The third kappa shape index (κ3) is 46.3. The summed E-state index contributed by atoms with van der Waals surface area (Å²) in [7, 11) is 0. The van der Waals surface area contributed by atoms with Gasteiger partial charge in [0.1, 0.15) is 6.61 Å². The summed E-state index contributed by atoms with van der Waals surface area (Å²) >= 11 is 0. The molecule has 0 amide bonds. The highest BCUT2D eigenvalue weighted by molar-refractivity contribution is 5.70. The van der Waals surface area contributed by atoms with Gasteiger partial charge in [-0.3, -0.25) is 9.59 Å². The van der Waals surface area contributed by atoms with Gasteiger partial charge in [-0.1, -0.05) is 210 Å². The maximum atomic E-state index is 12.7. The number of hydrogen-bond acceptors (Lipinski definition) is 5. The molecule has 0 saturated heterocycles. The number of carbonyl (C=O) groups is 2. The van der Waals surface area contributed by atoms with Gasteiger partial charge in [0.2, 0.25) is 0 Å². The van der Waals surface area contributed by atoms with E-state index in [2.05, 4.69) is 81.5 Å². The van der Waals surface area contributed by atoms with Gasteiger partial charge in [0.15, 0.2) is 6.10 Å². The zero-order valence-electron chi connectivity index (χ0n) is 38.6. The minimum atomic E-state index is -0.542. The molecule has 0 heterocycles. The third-order valence-corrected chi connectivity index (χ3v) is 10.5. The first-order chi connectivity index (χ1) is 28.6. The molecule has 0 aliphatic carbocycles. The minimum absolute atomic E-state index is 0.0775. The molecule has 336 valence electrons. The molecule has 0 N–H and O–H groups in total. The van der Waals surface area contributed by atoms with Crippen LogP contribution in [0, 0.1) is 0 Å². The average molecular weight is 811 g/mol. The molecular weight excluding hydrogens is 717 g/mol. The molecule has 0 aliphatic rings. The minimum Gasteiger partial charge on any atom is -0.462 e. The van der Waals surface area contributed by atoms with E-state index in [4.69, 9.17) is 14.2 Å². The van der Waals surface area contributed by atoms with Gasteiger partial charge < -0.3 is 14.2 Å². The second-order valence-corrected chi connectivity index (χ2v) is 16.3. The van der Waals surface area contributed by atoms with Gasteiger partial charge in [-0.15, -0.1) is 0 Å². The lowest BCUT2D eigenvalue weighted by Gasteiger charge is -2.18. The summed E-state index contributed by atoms with van der Waals surface area (Å²) < 4.78 is 17.3. The Kier molecular flexibility index (Phi) is 46.9. The van der Waals surface area contributed by atoms with Crippen LogP contribution >= 0.6 is 0 Å². The second-order valence-electron chi connectivity index (χ2n) is 16.3. The normalized spacial score (nSPS) is 12.7. The van der Waals surface area contributed by atoms with Crippen LogP contribution in [0.25, 0.3) is 0 Å². The van der Waals surface area contributed by atoms with Crippen molar-refractivity contribution in [1.82, 2.24) is 0 Å². The molecule has 0 fully saturated rings. The number of unbranched alkanes of at least 4 members (excludes halogenated alkanes) is 24. The van der Waals surface area contributed by atoms with E-state index in [-0.39, 0.29) is 25.2 Å². The summed E-state index contributed by atoms with van der Waals surface area (Å²) in [6.07, 6.45) is 60.8. The molecule has 5 nitrogen and oxygen atoms in total. The summed E-state index contributed by atoms with van der Waals surface area (Å²) in [6.45, 7) is 7.65. The van der Waals surface area contributed by atoms with E-state index in [1.807, 2.05) is 0 Å². The van der Waals surface area contributed by atoms with Crippen molar-refractivity contribution in [3.8, 4) is 0 Å². The summed E-state index contributed by atoms with van der Waals surface area (Å²) in [5, 5.41) is 0. The Labute approximate surface area is 360 Å². The number of esters is 2. The van der Waals surface area contributed by atoms with Crippen LogP contribution in [0.2, 0.25) is 0 Å². The molecule has 5 heteroatoms.